The Kier molecular flexibility index (Phi) is 3.51. The normalized spacial score (nSPS) is 15.0. The minimum absolute atomic E-state index is 0.162. The maximum absolute atomic E-state index is 10.4. The molecule has 1 aromatic carbocycles. The molecule has 0 aliphatic heterocycles. The van der Waals surface area contributed by atoms with Crippen molar-refractivity contribution in [1.82, 2.24) is 5.32 Å². The highest BCUT2D eigenvalue weighted by molar-refractivity contribution is 5.32. The van der Waals surface area contributed by atoms with Crippen molar-refractivity contribution in [3.05, 3.63) is 39.9 Å². The van der Waals surface area contributed by atoms with E-state index in [1.807, 2.05) is 12.1 Å². The SMILES string of the molecule is O=[N+]([O-])c1ccc(CCNCC2CC2)cc1. The largest absolute Gasteiger partial charge is 0.316 e. The molecule has 1 aliphatic carbocycles. The molecule has 16 heavy (non-hydrogen) atoms. The number of benzene rings is 1. The van der Waals surface area contributed by atoms with Gasteiger partial charge in [-0.1, -0.05) is 12.1 Å². The van der Waals surface area contributed by atoms with Crippen LogP contribution >= 0.6 is 0 Å². The van der Waals surface area contributed by atoms with E-state index >= 15 is 0 Å². The van der Waals surface area contributed by atoms with E-state index in [9.17, 15) is 10.1 Å². The minimum atomic E-state index is -0.366. The van der Waals surface area contributed by atoms with Crippen molar-refractivity contribution in [3.63, 3.8) is 0 Å². The van der Waals surface area contributed by atoms with Gasteiger partial charge in [-0.25, -0.2) is 0 Å². The molecule has 1 saturated carbocycles. The molecule has 0 unspecified atom stereocenters. The molecule has 0 spiro atoms. The molecular formula is C12H16N2O2. The third-order valence-electron chi connectivity index (χ3n) is 2.87. The summed E-state index contributed by atoms with van der Waals surface area (Å²) in [5.41, 5.74) is 1.31. The average molecular weight is 220 g/mol. The molecule has 0 amide bonds. The Morgan fingerprint density at radius 3 is 2.56 bits per heavy atom. The molecule has 1 aliphatic rings. The van der Waals surface area contributed by atoms with Crippen molar-refractivity contribution in [2.24, 2.45) is 5.92 Å². The lowest BCUT2D eigenvalue weighted by Gasteiger charge is -2.03. The number of hydrogen-bond acceptors (Lipinski definition) is 3. The molecule has 1 aromatic rings. The number of hydrogen-bond donors (Lipinski definition) is 1. The van der Waals surface area contributed by atoms with E-state index < -0.39 is 0 Å². The van der Waals surface area contributed by atoms with Gasteiger partial charge in [-0.05, 0) is 43.8 Å². The fourth-order valence-corrected chi connectivity index (χ4v) is 1.65. The molecule has 0 atom stereocenters. The van der Waals surface area contributed by atoms with E-state index in [0.29, 0.717) is 0 Å². The molecule has 0 aromatic heterocycles. The lowest BCUT2D eigenvalue weighted by Crippen LogP contribution is -2.19. The highest BCUT2D eigenvalue weighted by atomic mass is 16.6. The summed E-state index contributed by atoms with van der Waals surface area (Å²) in [4.78, 5) is 10.1. The first-order valence-electron chi connectivity index (χ1n) is 5.70. The number of rotatable bonds is 6. The van der Waals surface area contributed by atoms with Gasteiger partial charge in [-0.2, -0.15) is 0 Å². The number of nitro benzene ring substituents is 1. The van der Waals surface area contributed by atoms with E-state index in [1.54, 1.807) is 12.1 Å². The first kappa shape index (κ1) is 11.1. The summed E-state index contributed by atoms with van der Waals surface area (Å²) in [5.74, 6) is 0.900. The minimum Gasteiger partial charge on any atom is -0.316 e. The van der Waals surface area contributed by atoms with E-state index in [1.165, 1.54) is 12.8 Å². The molecule has 4 nitrogen and oxygen atoms in total. The Labute approximate surface area is 94.8 Å². The van der Waals surface area contributed by atoms with Gasteiger partial charge in [0.05, 0.1) is 4.92 Å². The van der Waals surface area contributed by atoms with Gasteiger partial charge < -0.3 is 5.32 Å². The van der Waals surface area contributed by atoms with Crippen LogP contribution in [0.5, 0.6) is 0 Å². The molecule has 0 bridgehead atoms. The smallest absolute Gasteiger partial charge is 0.269 e. The second-order valence-electron chi connectivity index (χ2n) is 4.32. The predicted molar refractivity (Wildman–Crippen MR) is 62.4 cm³/mol. The molecule has 2 rings (SSSR count). The quantitative estimate of drug-likeness (QED) is 0.454. The fourth-order valence-electron chi connectivity index (χ4n) is 1.65. The lowest BCUT2D eigenvalue weighted by molar-refractivity contribution is -0.384. The van der Waals surface area contributed by atoms with Crippen molar-refractivity contribution >= 4 is 5.69 Å². The van der Waals surface area contributed by atoms with E-state index in [2.05, 4.69) is 5.32 Å². The van der Waals surface area contributed by atoms with Crippen molar-refractivity contribution in [2.45, 2.75) is 19.3 Å². The van der Waals surface area contributed by atoms with Gasteiger partial charge in [-0.15, -0.1) is 0 Å². The van der Waals surface area contributed by atoms with Crippen LogP contribution in [-0.2, 0) is 6.42 Å². The van der Waals surface area contributed by atoms with Gasteiger partial charge in [0.15, 0.2) is 0 Å². The third kappa shape index (κ3) is 3.31. The summed E-state index contributed by atoms with van der Waals surface area (Å²) >= 11 is 0. The maximum Gasteiger partial charge on any atom is 0.269 e. The van der Waals surface area contributed by atoms with Gasteiger partial charge >= 0.3 is 0 Å². The van der Waals surface area contributed by atoms with Crippen LogP contribution in [0.25, 0.3) is 0 Å². The van der Waals surface area contributed by atoms with Gasteiger partial charge in [0.25, 0.3) is 5.69 Å². The van der Waals surface area contributed by atoms with Crippen LogP contribution in [0.4, 0.5) is 5.69 Å². The summed E-state index contributed by atoms with van der Waals surface area (Å²) < 4.78 is 0. The van der Waals surface area contributed by atoms with Crippen LogP contribution in [0, 0.1) is 16.0 Å². The Hall–Kier alpha value is -1.42. The van der Waals surface area contributed by atoms with Crippen LogP contribution in [0.15, 0.2) is 24.3 Å². The monoisotopic (exact) mass is 220 g/mol. The highest BCUT2D eigenvalue weighted by Gasteiger charge is 2.19. The topological polar surface area (TPSA) is 55.2 Å². The van der Waals surface area contributed by atoms with Crippen molar-refractivity contribution in [2.75, 3.05) is 13.1 Å². The van der Waals surface area contributed by atoms with E-state index in [-0.39, 0.29) is 10.6 Å². The summed E-state index contributed by atoms with van der Waals surface area (Å²) in [6.45, 7) is 2.07. The summed E-state index contributed by atoms with van der Waals surface area (Å²) in [7, 11) is 0. The Morgan fingerprint density at radius 1 is 1.31 bits per heavy atom. The van der Waals surface area contributed by atoms with E-state index in [0.717, 1.165) is 31.0 Å². The molecule has 0 heterocycles. The average Bonchev–Trinajstić information content (AvgIpc) is 3.09. The summed E-state index contributed by atoms with van der Waals surface area (Å²) in [6, 6.07) is 6.79. The van der Waals surface area contributed by atoms with Crippen LogP contribution in [-0.4, -0.2) is 18.0 Å². The predicted octanol–water partition coefficient (Wildman–Crippen LogP) is 2.14. The Bertz CT molecular complexity index is 358. The fraction of sp³-hybridized carbons (Fsp3) is 0.500. The zero-order chi connectivity index (χ0) is 11.4. The highest BCUT2D eigenvalue weighted by Crippen LogP contribution is 2.27. The van der Waals surface area contributed by atoms with Gasteiger partial charge in [-0.3, -0.25) is 10.1 Å². The maximum atomic E-state index is 10.4. The molecule has 0 radical (unpaired) electrons. The zero-order valence-electron chi connectivity index (χ0n) is 9.19. The van der Waals surface area contributed by atoms with Gasteiger partial charge in [0, 0.05) is 12.1 Å². The molecule has 4 heteroatoms. The second-order valence-corrected chi connectivity index (χ2v) is 4.32. The molecule has 1 N–H and O–H groups in total. The molecular weight excluding hydrogens is 204 g/mol. The van der Waals surface area contributed by atoms with Gasteiger partial charge in [0.1, 0.15) is 0 Å². The van der Waals surface area contributed by atoms with Crippen molar-refractivity contribution in [1.29, 1.82) is 0 Å². The lowest BCUT2D eigenvalue weighted by atomic mass is 10.1. The summed E-state index contributed by atoms with van der Waals surface area (Å²) in [6.07, 6.45) is 3.67. The second kappa shape index (κ2) is 5.07. The Balaban J connectivity index is 1.73. The van der Waals surface area contributed by atoms with Crippen molar-refractivity contribution in [3.8, 4) is 0 Å². The van der Waals surface area contributed by atoms with Crippen LogP contribution in [0.3, 0.4) is 0 Å². The molecule has 86 valence electrons. The van der Waals surface area contributed by atoms with E-state index in [4.69, 9.17) is 0 Å². The summed E-state index contributed by atoms with van der Waals surface area (Å²) in [5, 5.41) is 13.8. The number of non-ortho nitro benzene ring substituents is 1. The van der Waals surface area contributed by atoms with Crippen LogP contribution in [0.1, 0.15) is 18.4 Å². The first-order chi connectivity index (χ1) is 7.75. The third-order valence-corrected chi connectivity index (χ3v) is 2.87. The zero-order valence-corrected chi connectivity index (χ0v) is 9.19. The first-order valence-corrected chi connectivity index (χ1v) is 5.70. The van der Waals surface area contributed by atoms with Crippen molar-refractivity contribution < 1.29 is 4.92 Å². The Morgan fingerprint density at radius 2 is 2.00 bits per heavy atom. The standard InChI is InChI=1S/C12H16N2O2/c15-14(16)12-5-3-10(4-6-12)7-8-13-9-11-1-2-11/h3-6,11,13H,1-2,7-9H2. The number of nitrogens with zero attached hydrogens (tertiary/aromatic N) is 1. The van der Waals surface area contributed by atoms with Gasteiger partial charge in [0.2, 0.25) is 0 Å². The van der Waals surface area contributed by atoms with Crippen LogP contribution in [0.2, 0.25) is 0 Å². The van der Waals surface area contributed by atoms with Crippen LogP contribution < -0.4 is 5.32 Å². The molecule has 1 fully saturated rings. The number of nitrogens with one attached hydrogen (secondary N) is 1. The molecule has 0 saturated heterocycles. The number of nitro groups is 1.